The Hall–Kier alpha value is -0.610. The van der Waals surface area contributed by atoms with Gasteiger partial charge in [0.15, 0.2) is 0 Å². The van der Waals surface area contributed by atoms with Gasteiger partial charge in [0.25, 0.3) is 0 Å². The van der Waals surface area contributed by atoms with Gasteiger partial charge in [-0.3, -0.25) is 4.79 Å². The molecule has 0 spiro atoms. The highest BCUT2D eigenvalue weighted by Gasteiger charge is 2.40. The lowest BCUT2D eigenvalue weighted by Gasteiger charge is -2.39. The molecule has 1 saturated heterocycles. The Morgan fingerprint density at radius 3 is 2.35 bits per heavy atom. The number of amides is 1. The first-order valence-corrected chi connectivity index (χ1v) is 8.20. The van der Waals surface area contributed by atoms with Crippen LogP contribution in [0.4, 0.5) is 0 Å². The van der Waals surface area contributed by atoms with Crippen LogP contribution < -0.4 is 5.73 Å². The van der Waals surface area contributed by atoms with Gasteiger partial charge < -0.3 is 15.5 Å². The second-order valence-corrected chi connectivity index (χ2v) is 6.45. The number of nitrogens with zero attached hydrogens (tertiary/aromatic N) is 2. The molecule has 2 N–H and O–H groups in total. The van der Waals surface area contributed by atoms with Gasteiger partial charge in [0.05, 0.1) is 5.41 Å². The third-order valence-corrected chi connectivity index (χ3v) is 4.61. The molecule has 1 heterocycles. The first kappa shape index (κ1) is 17.4. The molecular weight excluding hydrogens is 250 g/mol. The van der Waals surface area contributed by atoms with E-state index in [1.54, 1.807) is 0 Å². The molecule has 0 aliphatic carbocycles. The van der Waals surface area contributed by atoms with Crippen molar-refractivity contribution in [3.05, 3.63) is 0 Å². The van der Waals surface area contributed by atoms with Gasteiger partial charge in [0, 0.05) is 25.7 Å². The van der Waals surface area contributed by atoms with Crippen molar-refractivity contribution in [3.63, 3.8) is 0 Å². The Morgan fingerprint density at radius 2 is 1.85 bits per heavy atom. The van der Waals surface area contributed by atoms with E-state index in [1.807, 2.05) is 0 Å². The summed E-state index contributed by atoms with van der Waals surface area (Å²) in [5, 5.41) is 0. The minimum atomic E-state index is -0.333. The molecule has 0 saturated carbocycles. The third-order valence-electron chi connectivity index (χ3n) is 4.61. The predicted molar refractivity (Wildman–Crippen MR) is 84.6 cm³/mol. The number of likely N-dealkylation sites (N-methyl/N-ethyl adjacent to an activating group) is 1. The van der Waals surface area contributed by atoms with Crippen molar-refractivity contribution in [2.24, 2.45) is 11.1 Å². The first-order valence-electron chi connectivity index (χ1n) is 8.20. The summed E-state index contributed by atoms with van der Waals surface area (Å²) in [6, 6.07) is 0.287. The van der Waals surface area contributed by atoms with Crippen LogP contribution in [0.25, 0.3) is 0 Å². The van der Waals surface area contributed by atoms with Crippen molar-refractivity contribution < 1.29 is 4.79 Å². The molecular formula is C16H33N3O. The maximum Gasteiger partial charge on any atom is 0.230 e. The monoisotopic (exact) mass is 283 g/mol. The van der Waals surface area contributed by atoms with Crippen LogP contribution in [-0.2, 0) is 4.79 Å². The molecule has 0 bridgehead atoms. The van der Waals surface area contributed by atoms with Crippen LogP contribution in [0.1, 0.15) is 52.9 Å². The normalized spacial score (nSPS) is 21.9. The van der Waals surface area contributed by atoms with Gasteiger partial charge in [0.2, 0.25) is 5.91 Å². The van der Waals surface area contributed by atoms with Crippen LogP contribution in [0.5, 0.6) is 0 Å². The first-order chi connectivity index (χ1) is 9.50. The van der Waals surface area contributed by atoms with E-state index in [9.17, 15) is 4.79 Å². The Balaban J connectivity index is 2.91. The zero-order valence-electron chi connectivity index (χ0n) is 13.8. The number of nitrogens with two attached hydrogens (primary N) is 1. The van der Waals surface area contributed by atoms with Crippen molar-refractivity contribution in [2.75, 3.05) is 33.2 Å². The number of carbonyl (C=O) groups excluding carboxylic acids is 1. The number of carbonyl (C=O) groups is 1. The van der Waals surface area contributed by atoms with Crippen molar-refractivity contribution in [2.45, 2.75) is 58.9 Å². The minimum Gasteiger partial charge on any atom is -0.338 e. The number of rotatable bonds is 6. The molecule has 0 aromatic rings. The van der Waals surface area contributed by atoms with Gasteiger partial charge in [-0.1, -0.05) is 26.7 Å². The lowest BCUT2D eigenvalue weighted by atomic mass is 9.77. The largest absolute Gasteiger partial charge is 0.338 e. The van der Waals surface area contributed by atoms with Gasteiger partial charge in [-0.25, -0.2) is 0 Å². The van der Waals surface area contributed by atoms with E-state index in [2.05, 4.69) is 37.6 Å². The van der Waals surface area contributed by atoms with E-state index in [4.69, 9.17) is 5.73 Å². The molecule has 1 aliphatic rings. The average Bonchev–Trinajstić information content (AvgIpc) is 2.58. The molecule has 4 nitrogen and oxygen atoms in total. The van der Waals surface area contributed by atoms with E-state index in [0.29, 0.717) is 12.5 Å². The lowest BCUT2D eigenvalue weighted by Crippen LogP contribution is -2.52. The van der Waals surface area contributed by atoms with Gasteiger partial charge in [-0.2, -0.15) is 0 Å². The van der Waals surface area contributed by atoms with Gasteiger partial charge in [-0.05, 0) is 39.8 Å². The summed E-state index contributed by atoms with van der Waals surface area (Å²) in [6.45, 7) is 9.85. The maximum absolute atomic E-state index is 13.1. The Labute approximate surface area is 124 Å². The van der Waals surface area contributed by atoms with Crippen LogP contribution in [0, 0.1) is 5.41 Å². The predicted octanol–water partition coefficient (Wildman–Crippen LogP) is 2.08. The van der Waals surface area contributed by atoms with Crippen molar-refractivity contribution >= 4 is 5.91 Å². The molecule has 1 aliphatic heterocycles. The van der Waals surface area contributed by atoms with Crippen LogP contribution in [0.15, 0.2) is 0 Å². The standard InChI is InChI=1S/C16H33N3O/c1-5-8-16(13-17,9-6-2)15(20)19-11-7-10-18(4)12-14(19)3/h14H,5-13,17H2,1-4H3. The fourth-order valence-corrected chi connectivity index (χ4v) is 3.57. The van der Waals surface area contributed by atoms with Gasteiger partial charge >= 0.3 is 0 Å². The molecule has 0 radical (unpaired) electrons. The van der Waals surface area contributed by atoms with Crippen LogP contribution in [0.2, 0.25) is 0 Å². The molecule has 4 heteroatoms. The van der Waals surface area contributed by atoms with E-state index in [-0.39, 0.29) is 11.5 Å². The van der Waals surface area contributed by atoms with Crippen molar-refractivity contribution in [3.8, 4) is 0 Å². The molecule has 0 aromatic carbocycles. The van der Waals surface area contributed by atoms with E-state index >= 15 is 0 Å². The minimum absolute atomic E-state index is 0.287. The summed E-state index contributed by atoms with van der Waals surface area (Å²) in [5.41, 5.74) is 5.71. The second kappa shape index (κ2) is 7.99. The smallest absolute Gasteiger partial charge is 0.230 e. The molecule has 0 aromatic heterocycles. The van der Waals surface area contributed by atoms with Crippen LogP contribution in [0.3, 0.4) is 0 Å². The van der Waals surface area contributed by atoms with Crippen molar-refractivity contribution in [1.82, 2.24) is 9.80 Å². The highest BCUT2D eigenvalue weighted by Crippen LogP contribution is 2.32. The highest BCUT2D eigenvalue weighted by atomic mass is 16.2. The summed E-state index contributed by atoms with van der Waals surface area (Å²) in [4.78, 5) is 17.5. The molecule has 1 atom stereocenters. The fraction of sp³-hybridized carbons (Fsp3) is 0.938. The maximum atomic E-state index is 13.1. The zero-order valence-corrected chi connectivity index (χ0v) is 13.8. The van der Waals surface area contributed by atoms with E-state index < -0.39 is 0 Å². The van der Waals surface area contributed by atoms with Crippen LogP contribution in [-0.4, -0.2) is 55.0 Å². The summed E-state index contributed by atoms with van der Waals surface area (Å²) < 4.78 is 0. The number of hydrogen-bond donors (Lipinski definition) is 1. The quantitative estimate of drug-likeness (QED) is 0.812. The fourth-order valence-electron chi connectivity index (χ4n) is 3.57. The Bertz CT molecular complexity index is 300. The molecule has 1 unspecified atom stereocenters. The molecule has 1 rings (SSSR count). The average molecular weight is 283 g/mol. The zero-order chi connectivity index (χ0) is 15.2. The third kappa shape index (κ3) is 3.95. The molecule has 1 amide bonds. The summed E-state index contributed by atoms with van der Waals surface area (Å²) in [7, 11) is 2.14. The summed E-state index contributed by atoms with van der Waals surface area (Å²) >= 11 is 0. The number of hydrogen-bond acceptors (Lipinski definition) is 3. The molecule has 1 fully saturated rings. The topological polar surface area (TPSA) is 49.6 Å². The second-order valence-electron chi connectivity index (χ2n) is 6.45. The van der Waals surface area contributed by atoms with Gasteiger partial charge in [-0.15, -0.1) is 0 Å². The molecule has 20 heavy (non-hydrogen) atoms. The summed E-state index contributed by atoms with van der Waals surface area (Å²) in [5.74, 6) is 0.298. The van der Waals surface area contributed by atoms with Crippen LogP contribution >= 0.6 is 0 Å². The SMILES string of the molecule is CCCC(CN)(CCC)C(=O)N1CCCN(C)CC1C. The molecule has 118 valence electrons. The highest BCUT2D eigenvalue weighted by molar-refractivity contribution is 5.83. The van der Waals surface area contributed by atoms with E-state index in [0.717, 1.165) is 51.7 Å². The lowest BCUT2D eigenvalue weighted by molar-refractivity contribution is -0.144. The van der Waals surface area contributed by atoms with Gasteiger partial charge in [0.1, 0.15) is 0 Å². The van der Waals surface area contributed by atoms with Crippen molar-refractivity contribution in [1.29, 1.82) is 0 Å². The van der Waals surface area contributed by atoms with E-state index in [1.165, 1.54) is 0 Å². The Morgan fingerprint density at radius 1 is 1.25 bits per heavy atom. The Kier molecular flexibility index (Phi) is 6.96. The summed E-state index contributed by atoms with van der Waals surface area (Å²) in [6.07, 6.45) is 4.92.